The molecule has 0 aromatic carbocycles. The second kappa shape index (κ2) is 50.6. The van der Waals surface area contributed by atoms with Gasteiger partial charge in [0.15, 0.2) is 0 Å². The summed E-state index contributed by atoms with van der Waals surface area (Å²) in [5.74, 6) is -0.376. The first-order chi connectivity index (χ1) is 30.8. The van der Waals surface area contributed by atoms with E-state index in [1.165, 1.54) is 225 Å². The molecule has 3 N–H and O–H groups in total. The number of hydrogen-bond donors (Lipinski definition) is 3. The highest BCUT2D eigenvalue weighted by Gasteiger charge is 2.26. The Balaban J connectivity index is 4.00. The molecule has 0 saturated heterocycles. The molecule has 10 heteroatoms. The number of phosphoric acid groups is 1. The number of unbranched alkanes of at least 4 members (excludes halogenated alkanes) is 37. The predicted octanol–water partition coefficient (Wildman–Crippen LogP) is 16.0. The highest BCUT2D eigenvalue weighted by Crippen LogP contribution is 2.43. The smallest absolute Gasteiger partial charge is 0.457 e. The van der Waals surface area contributed by atoms with Crippen molar-refractivity contribution in [2.45, 2.75) is 289 Å². The maximum Gasteiger partial charge on any atom is 0.472 e. The quantitative estimate of drug-likeness (QED) is 0.0236. The zero-order chi connectivity index (χ0) is 46.0. The first-order valence-electron chi connectivity index (χ1n) is 27.2. The normalized spacial score (nSPS) is 13.8. The summed E-state index contributed by atoms with van der Waals surface area (Å²) in [6.45, 7) is 3.60. The summed E-state index contributed by atoms with van der Waals surface area (Å²) in [6.07, 6.45) is 54.7. The van der Waals surface area contributed by atoms with Crippen molar-refractivity contribution in [3.63, 3.8) is 0 Å². The van der Waals surface area contributed by atoms with Gasteiger partial charge in [0.2, 0.25) is 0 Å². The lowest BCUT2D eigenvalue weighted by molar-refractivity contribution is -0.154. The van der Waals surface area contributed by atoms with Crippen LogP contribution >= 0.6 is 7.82 Å². The van der Waals surface area contributed by atoms with Crippen LogP contribution in [0.4, 0.5) is 0 Å². The molecule has 0 rings (SSSR count). The molecular formula is C53H105O9P. The fraction of sp³-hybridized carbons (Fsp3) is 0.943. The van der Waals surface area contributed by atoms with E-state index in [1.54, 1.807) is 0 Å². The molecule has 3 unspecified atom stereocenters. The number of phosphoric ester groups is 1. The molecule has 0 heterocycles. The van der Waals surface area contributed by atoms with Gasteiger partial charge in [0, 0.05) is 13.0 Å². The molecule has 0 spiro atoms. The average molecular weight is 917 g/mol. The zero-order valence-electron chi connectivity index (χ0n) is 41.6. The largest absolute Gasteiger partial charge is 0.472 e. The van der Waals surface area contributed by atoms with Crippen molar-refractivity contribution in [3.05, 3.63) is 12.2 Å². The predicted molar refractivity (Wildman–Crippen MR) is 265 cm³/mol. The van der Waals surface area contributed by atoms with Crippen molar-refractivity contribution in [3.8, 4) is 0 Å². The molecule has 0 amide bonds. The monoisotopic (exact) mass is 917 g/mol. The molecule has 0 saturated carbocycles. The Hall–Kier alpha value is -0.800. The Labute approximate surface area is 390 Å². The number of esters is 1. The van der Waals surface area contributed by atoms with E-state index in [4.69, 9.17) is 23.6 Å². The molecule has 9 nitrogen and oxygen atoms in total. The van der Waals surface area contributed by atoms with Gasteiger partial charge in [0.1, 0.15) is 12.2 Å². The van der Waals surface area contributed by atoms with Gasteiger partial charge >= 0.3 is 13.8 Å². The first kappa shape index (κ1) is 62.2. The van der Waals surface area contributed by atoms with Crippen molar-refractivity contribution in [1.82, 2.24) is 0 Å². The summed E-state index contributed by atoms with van der Waals surface area (Å²) in [5, 5.41) is 18.4. The van der Waals surface area contributed by atoms with Crippen LogP contribution in [0.1, 0.15) is 277 Å². The number of aliphatic hydroxyl groups is 2. The summed E-state index contributed by atoms with van der Waals surface area (Å²) in [7, 11) is -4.52. The summed E-state index contributed by atoms with van der Waals surface area (Å²) in [4.78, 5) is 22.7. The minimum atomic E-state index is -4.52. The minimum absolute atomic E-state index is 0.0561. The molecule has 376 valence electrons. The Morgan fingerprint density at radius 1 is 0.476 bits per heavy atom. The molecule has 0 aliphatic rings. The van der Waals surface area contributed by atoms with Crippen molar-refractivity contribution < 1.29 is 43.0 Å². The van der Waals surface area contributed by atoms with Gasteiger partial charge in [-0.15, -0.1) is 0 Å². The number of ether oxygens (including phenoxy) is 2. The van der Waals surface area contributed by atoms with Crippen LogP contribution in [0.15, 0.2) is 12.2 Å². The number of rotatable bonds is 53. The third-order valence-corrected chi connectivity index (χ3v) is 13.2. The van der Waals surface area contributed by atoms with Gasteiger partial charge in [-0.3, -0.25) is 13.8 Å². The maximum atomic E-state index is 12.7. The van der Waals surface area contributed by atoms with Crippen molar-refractivity contribution in [2.24, 2.45) is 0 Å². The molecule has 63 heavy (non-hydrogen) atoms. The van der Waals surface area contributed by atoms with Crippen LogP contribution in [-0.2, 0) is 27.9 Å². The number of hydrogen-bond acceptors (Lipinski definition) is 8. The van der Waals surface area contributed by atoms with Crippen molar-refractivity contribution >= 4 is 13.8 Å². The van der Waals surface area contributed by atoms with Gasteiger partial charge in [-0.25, -0.2) is 4.57 Å². The van der Waals surface area contributed by atoms with E-state index >= 15 is 0 Å². The summed E-state index contributed by atoms with van der Waals surface area (Å²) >= 11 is 0. The number of aliphatic hydroxyl groups excluding tert-OH is 2. The van der Waals surface area contributed by atoms with Crippen LogP contribution in [-0.4, -0.2) is 66.3 Å². The van der Waals surface area contributed by atoms with Crippen LogP contribution in [0.25, 0.3) is 0 Å². The summed E-state index contributed by atoms with van der Waals surface area (Å²) in [6, 6.07) is 0. The highest BCUT2D eigenvalue weighted by molar-refractivity contribution is 7.47. The fourth-order valence-corrected chi connectivity index (χ4v) is 8.85. The van der Waals surface area contributed by atoms with E-state index in [9.17, 15) is 19.4 Å². The number of carbonyl (C=O) groups is 1. The zero-order valence-corrected chi connectivity index (χ0v) is 42.5. The molecule has 0 bridgehead atoms. The molecule has 3 atom stereocenters. The van der Waals surface area contributed by atoms with Crippen molar-refractivity contribution in [1.29, 1.82) is 0 Å². The minimum Gasteiger partial charge on any atom is -0.457 e. The third-order valence-electron chi connectivity index (χ3n) is 12.2. The SMILES string of the molecule is CCCCCCCCCC/C=C\CCCCCCCCCCCCCC(=O)OC(COCCCCCCCCCCCCCCCCCCCCC)COP(=O)(O)OCC(O)CO. The average Bonchev–Trinajstić information content (AvgIpc) is 3.28. The van der Waals surface area contributed by atoms with Gasteiger partial charge in [-0.1, -0.05) is 244 Å². The standard InChI is InChI=1S/C53H105O9P/c1-3-5-7-9-11-13-15-17-19-21-23-24-25-26-27-29-31-33-35-37-39-41-43-45-53(56)62-52(50-61-63(57,58)60-48-51(55)47-54)49-59-46-44-42-40-38-36-34-32-30-28-22-20-18-16-14-12-10-8-6-4-2/h21,23,51-52,54-55H,3-20,22,24-50H2,1-2H3,(H,57,58)/b23-21-. The van der Waals surface area contributed by atoms with E-state index in [-0.39, 0.29) is 25.6 Å². The molecule has 0 aliphatic heterocycles. The molecule has 0 radical (unpaired) electrons. The van der Waals surface area contributed by atoms with Gasteiger partial charge in [0.25, 0.3) is 0 Å². The van der Waals surface area contributed by atoms with Crippen LogP contribution < -0.4 is 0 Å². The van der Waals surface area contributed by atoms with Crippen LogP contribution in [0.2, 0.25) is 0 Å². The van der Waals surface area contributed by atoms with E-state index in [2.05, 4.69) is 26.0 Å². The van der Waals surface area contributed by atoms with E-state index in [1.807, 2.05) is 0 Å². The Bertz CT molecular complexity index is 996. The molecular weight excluding hydrogens is 812 g/mol. The summed E-state index contributed by atoms with van der Waals surface area (Å²) < 4.78 is 33.6. The highest BCUT2D eigenvalue weighted by atomic mass is 31.2. The Morgan fingerprint density at radius 2 is 0.810 bits per heavy atom. The lowest BCUT2D eigenvalue weighted by Gasteiger charge is -2.20. The lowest BCUT2D eigenvalue weighted by atomic mass is 10.0. The van der Waals surface area contributed by atoms with Gasteiger partial charge in [-0.2, -0.15) is 0 Å². The molecule has 0 fully saturated rings. The number of carbonyl (C=O) groups excluding carboxylic acids is 1. The van der Waals surface area contributed by atoms with Gasteiger partial charge in [0.05, 0.1) is 26.4 Å². The second-order valence-electron chi connectivity index (χ2n) is 18.6. The Kier molecular flexibility index (Phi) is 50.0. The topological polar surface area (TPSA) is 132 Å². The van der Waals surface area contributed by atoms with Crippen molar-refractivity contribution in [2.75, 3.05) is 33.0 Å². The lowest BCUT2D eigenvalue weighted by Crippen LogP contribution is -2.29. The Morgan fingerprint density at radius 3 is 1.19 bits per heavy atom. The van der Waals surface area contributed by atoms with Gasteiger partial charge in [-0.05, 0) is 38.5 Å². The first-order valence-corrected chi connectivity index (χ1v) is 28.7. The maximum absolute atomic E-state index is 12.7. The number of allylic oxidation sites excluding steroid dienone is 2. The fourth-order valence-electron chi connectivity index (χ4n) is 8.06. The van der Waals surface area contributed by atoms with Crippen LogP contribution in [0.3, 0.4) is 0 Å². The third kappa shape index (κ3) is 50.5. The van der Waals surface area contributed by atoms with Crippen LogP contribution in [0.5, 0.6) is 0 Å². The van der Waals surface area contributed by atoms with Crippen LogP contribution in [0, 0.1) is 0 Å². The van der Waals surface area contributed by atoms with Gasteiger partial charge < -0.3 is 24.6 Å². The summed E-state index contributed by atoms with van der Waals surface area (Å²) in [5.41, 5.74) is 0. The molecule has 0 aromatic heterocycles. The van der Waals surface area contributed by atoms with E-state index in [0.717, 1.165) is 32.1 Å². The van der Waals surface area contributed by atoms with E-state index < -0.39 is 33.2 Å². The molecule has 0 aromatic rings. The molecule has 0 aliphatic carbocycles. The second-order valence-corrected chi connectivity index (χ2v) is 20.1. The van der Waals surface area contributed by atoms with E-state index in [0.29, 0.717) is 6.61 Å².